The summed E-state index contributed by atoms with van der Waals surface area (Å²) in [6, 6.07) is 7.12. The number of hydrogen-bond acceptors (Lipinski definition) is 8. The van der Waals surface area contributed by atoms with Gasteiger partial charge >= 0.3 is 5.97 Å². The number of benzene rings is 2. The van der Waals surface area contributed by atoms with E-state index in [1.165, 1.54) is 43.5 Å². The quantitative estimate of drug-likeness (QED) is 0.357. The number of amides is 3. The molecule has 184 valence electrons. The summed E-state index contributed by atoms with van der Waals surface area (Å²) in [6.45, 7) is 1.53. The van der Waals surface area contributed by atoms with E-state index in [2.05, 4.69) is 5.32 Å². The Kier molecular flexibility index (Phi) is 8.66. The third-order valence-corrected chi connectivity index (χ3v) is 6.18. The highest BCUT2D eigenvalue weighted by Gasteiger charge is 2.36. The smallest absolute Gasteiger partial charge is 0.339 e. The van der Waals surface area contributed by atoms with Gasteiger partial charge in [0.25, 0.3) is 11.1 Å². The number of imide groups is 1. The highest BCUT2D eigenvalue weighted by atomic mass is 35.5. The molecule has 1 saturated heterocycles. The van der Waals surface area contributed by atoms with Gasteiger partial charge in [0.2, 0.25) is 5.91 Å². The lowest BCUT2D eigenvalue weighted by Gasteiger charge is -2.13. The van der Waals surface area contributed by atoms with Gasteiger partial charge in [-0.3, -0.25) is 19.3 Å². The Morgan fingerprint density at radius 3 is 2.60 bits per heavy atom. The van der Waals surface area contributed by atoms with Gasteiger partial charge in [0, 0.05) is 5.69 Å². The zero-order valence-corrected chi connectivity index (χ0v) is 20.9. The van der Waals surface area contributed by atoms with Crippen molar-refractivity contribution in [1.82, 2.24) is 4.90 Å². The number of hydrogen-bond donors (Lipinski definition) is 2. The number of carbonyl (C=O) groups is 4. The van der Waals surface area contributed by atoms with Crippen molar-refractivity contribution in [2.24, 2.45) is 0 Å². The molecule has 1 aliphatic rings. The van der Waals surface area contributed by atoms with Crippen molar-refractivity contribution in [3.63, 3.8) is 0 Å². The number of halogens is 2. The maximum absolute atomic E-state index is 12.7. The van der Waals surface area contributed by atoms with E-state index >= 15 is 0 Å². The van der Waals surface area contributed by atoms with Crippen LogP contribution in [-0.2, 0) is 14.3 Å². The molecule has 0 atom stereocenters. The Morgan fingerprint density at radius 1 is 1.17 bits per heavy atom. The van der Waals surface area contributed by atoms with Crippen LogP contribution in [-0.4, -0.2) is 53.3 Å². The van der Waals surface area contributed by atoms with Crippen LogP contribution in [0.25, 0.3) is 6.08 Å². The lowest BCUT2D eigenvalue weighted by molar-refractivity contribution is -0.127. The van der Waals surface area contributed by atoms with Crippen LogP contribution in [0.15, 0.2) is 35.2 Å². The first-order valence-corrected chi connectivity index (χ1v) is 11.8. The summed E-state index contributed by atoms with van der Waals surface area (Å²) in [4.78, 5) is 50.7. The second-order valence-electron chi connectivity index (χ2n) is 7.20. The van der Waals surface area contributed by atoms with E-state index in [1.54, 1.807) is 0 Å². The molecule has 0 unspecified atom stereocenters. The molecule has 2 aromatic rings. The van der Waals surface area contributed by atoms with Gasteiger partial charge < -0.3 is 19.9 Å². The van der Waals surface area contributed by atoms with Crippen LogP contribution >= 0.6 is 35.0 Å². The summed E-state index contributed by atoms with van der Waals surface area (Å²) in [6.07, 6.45) is 2.05. The topological polar surface area (TPSA) is 122 Å². The number of rotatable bonds is 8. The van der Waals surface area contributed by atoms with Crippen molar-refractivity contribution in [1.29, 1.82) is 0 Å². The van der Waals surface area contributed by atoms with Gasteiger partial charge in [-0.05, 0) is 60.2 Å². The summed E-state index contributed by atoms with van der Waals surface area (Å²) in [5.41, 5.74) is 0.745. The zero-order valence-electron chi connectivity index (χ0n) is 18.6. The number of aromatic hydroxyl groups is 1. The Morgan fingerprint density at radius 2 is 1.91 bits per heavy atom. The highest BCUT2D eigenvalue weighted by Crippen LogP contribution is 2.38. The van der Waals surface area contributed by atoms with Gasteiger partial charge in [-0.25, -0.2) is 4.79 Å². The third kappa shape index (κ3) is 6.27. The van der Waals surface area contributed by atoms with E-state index in [9.17, 15) is 24.3 Å². The Labute approximate surface area is 215 Å². The van der Waals surface area contributed by atoms with Crippen molar-refractivity contribution >= 4 is 69.8 Å². The van der Waals surface area contributed by atoms with Crippen LogP contribution < -0.4 is 10.1 Å². The number of methoxy groups -OCH3 is 1. The van der Waals surface area contributed by atoms with E-state index < -0.39 is 29.6 Å². The first kappa shape index (κ1) is 26.4. The normalized spacial score (nSPS) is 14.4. The molecule has 3 amide bonds. The van der Waals surface area contributed by atoms with Gasteiger partial charge in [0.15, 0.2) is 11.5 Å². The molecule has 0 radical (unpaired) electrons. The number of ether oxygens (including phenoxy) is 2. The lowest BCUT2D eigenvalue weighted by atomic mass is 10.2. The van der Waals surface area contributed by atoms with E-state index in [0.29, 0.717) is 23.7 Å². The summed E-state index contributed by atoms with van der Waals surface area (Å²) >= 11 is 12.7. The molecule has 0 aliphatic carbocycles. The molecule has 0 aromatic heterocycles. The first-order chi connectivity index (χ1) is 16.6. The molecule has 1 aliphatic heterocycles. The first-order valence-electron chi connectivity index (χ1n) is 10.2. The second-order valence-corrected chi connectivity index (χ2v) is 9.01. The van der Waals surface area contributed by atoms with Crippen LogP contribution in [0.4, 0.5) is 10.5 Å². The van der Waals surface area contributed by atoms with Crippen molar-refractivity contribution < 1.29 is 33.8 Å². The van der Waals surface area contributed by atoms with Crippen LogP contribution in [0, 0.1) is 0 Å². The molecule has 0 bridgehead atoms. The van der Waals surface area contributed by atoms with Gasteiger partial charge in [-0.15, -0.1) is 0 Å². The molecular formula is C23H20Cl2N2O7S. The molecule has 9 nitrogen and oxygen atoms in total. The number of phenols is 1. The predicted octanol–water partition coefficient (Wildman–Crippen LogP) is 4.95. The third-order valence-electron chi connectivity index (χ3n) is 4.65. The number of nitrogens with zero attached hydrogens (tertiary/aromatic N) is 1. The number of esters is 1. The van der Waals surface area contributed by atoms with Crippen LogP contribution in [0.2, 0.25) is 10.0 Å². The summed E-state index contributed by atoms with van der Waals surface area (Å²) < 4.78 is 10.1. The molecule has 1 heterocycles. The van der Waals surface area contributed by atoms with Crippen LogP contribution in [0.5, 0.6) is 11.5 Å². The molecular weight excluding hydrogens is 519 g/mol. The van der Waals surface area contributed by atoms with Crippen molar-refractivity contribution in [3.8, 4) is 11.5 Å². The maximum atomic E-state index is 12.7. The van der Waals surface area contributed by atoms with E-state index in [1.807, 2.05) is 6.92 Å². The van der Waals surface area contributed by atoms with Gasteiger partial charge in [-0.2, -0.15) is 0 Å². The minimum Gasteiger partial charge on any atom is -0.503 e. The number of thioether (sulfide) groups is 1. The molecule has 35 heavy (non-hydrogen) atoms. The molecule has 12 heteroatoms. The van der Waals surface area contributed by atoms with Crippen molar-refractivity contribution in [3.05, 3.63) is 56.4 Å². The molecule has 0 saturated carbocycles. The molecule has 0 spiro atoms. The van der Waals surface area contributed by atoms with Gasteiger partial charge in [0.05, 0.1) is 34.2 Å². The standard InChI is InChI=1S/C23H20Cl2N2O7S/c1-3-6-34-22(31)14-10-13(4-5-15(14)24)26-19(28)11-27-21(30)18(35-23(27)32)9-12-7-16(25)20(29)17(8-12)33-2/h4-5,7-10,29H,3,6,11H2,1-2H3,(H,26,28)/b18-9-. The number of phenolic OH excluding ortho intramolecular Hbond substituents is 1. The van der Waals surface area contributed by atoms with E-state index in [0.717, 1.165) is 4.90 Å². The number of carbonyl (C=O) groups excluding carboxylic acids is 4. The monoisotopic (exact) mass is 538 g/mol. The van der Waals surface area contributed by atoms with Crippen molar-refractivity contribution in [2.75, 3.05) is 25.6 Å². The molecule has 2 aromatic carbocycles. The second kappa shape index (κ2) is 11.5. The minimum absolute atomic E-state index is 0.00937. The SMILES string of the molecule is CCCOC(=O)c1cc(NC(=O)CN2C(=O)S/C(=C\c3cc(Cl)c(O)c(OC)c3)C2=O)ccc1Cl. The fraction of sp³-hybridized carbons (Fsp3) is 0.217. The molecule has 2 N–H and O–H groups in total. The van der Waals surface area contributed by atoms with Crippen LogP contribution in [0.3, 0.4) is 0 Å². The Hall–Kier alpha value is -3.21. The summed E-state index contributed by atoms with van der Waals surface area (Å²) in [7, 11) is 1.35. The van der Waals surface area contributed by atoms with E-state index in [-0.39, 0.29) is 44.3 Å². The minimum atomic E-state index is -0.668. The summed E-state index contributed by atoms with van der Waals surface area (Å²) in [5.74, 6) is -2.10. The largest absolute Gasteiger partial charge is 0.503 e. The summed E-state index contributed by atoms with van der Waals surface area (Å²) in [5, 5.41) is 11.9. The van der Waals surface area contributed by atoms with Gasteiger partial charge in [-0.1, -0.05) is 30.1 Å². The number of nitrogens with one attached hydrogen (secondary N) is 1. The van der Waals surface area contributed by atoms with Gasteiger partial charge in [0.1, 0.15) is 6.54 Å². The van der Waals surface area contributed by atoms with E-state index in [4.69, 9.17) is 32.7 Å². The predicted molar refractivity (Wildman–Crippen MR) is 133 cm³/mol. The molecule has 3 rings (SSSR count). The maximum Gasteiger partial charge on any atom is 0.339 e. The van der Waals surface area contributed by atoms with Crippen molar-refractivity contribution in [2.45, 2.75) is 13.3 Å². The molecule has 1 fully saturated rings. The number of anilines is 1. The Balaban J connectivity index is 1.71. The zero-order chi connectivity index (χ0) is 25.7. The lowest BCUT2D eigenvalue weighted by Crippen LogP contribution is -2.36. The average molecular weight is 539 g/mol. The van der Waals surface area contributed by atoms with Crippen LogP contribution in [0.1, 0.15) is 29.3 Å². The average Bonchev–Trinajstić information content (AvgIpc) is 3.08. The fourth-order valence-corrected chi connectivity index (χ4v) is 4.25. The fourth-order valence-electron chi connectivity index (χ4n) is 3.00. The Bertz CT molecular complexity index is 1230. The highest BCUT2D eigenvalue weighted by molar-refractivity contribution is 8.18.